The molecule has 0 amide bonds. The van der Waals surface area contributed by atoms with Gasteiger partial charge in [-0.3, -0.25) is 0 Å². The van der Waals surface area contributed by atoms with Gasteiger partial charge in [0.25, 0.3) is 0 Å². The lowest BCUT2D eigenvalue weighted by atomic mass is 9.73. The maximum Gasteiger partial charge on any atom is 0.131 e. The Balaban J connectivity index is 1.24. The van der Waals surface area contributed by atoms with Crippen LogP contribution in [-0.2, 0) is 20.3 Å². The maximum atomic E-state index is 6.46. The van der Waals surface area contributed by atoms with Crippen LogP contribution in [0.15, 0.2) is 97.1 Å². The molecule has 0 saturated carbocycles. The fourth-order valence-electron chi connectivity index (χ4n) is 6.08. The third-order valence-electron chi connectivity index (χ3n) is 9.07. The molecule has 0 bridgehead atoms. The van der Waals surface area contributed by atoms with Gasteiger partial charge in [0.15, 0.2) is 0 Å². The van der Waals surface area contributed by atoms with E-state index in [2.05, 4.69) is 125 Å². The topological polar surface area (TPSA) is 43.5 Å². The third-order valence-corrected chi connectivity index (χ3v) is 9.07. The summed E-state index contributed by atoms with van der Waals surface area (Å²) in [4.78, 5) is 0. The van der Waals surface area contributed by atoms with E-state index in [1.165, 1.54) is 33.0 Å². The molecule has 2 fully saturated rings. The number of rotatable bonds is 10. The molecule has 0 N–H and O–H groups in total. The highest BCUT2D eigenvalue weighted by Crippen LogP contribution is 2.44. The Morgan fingerprint density at radius 1 is 0.548 bits per heavy atom. The second-order valence-corrected chi connectivity index (χ2v) is 12.7. The Morgan fingerprint density at radius 2 is 0.929 bits per heavy atom. The van der Waals surface area contributed by atoms with Gasteiger partial charge in [0, 0.05) is 32.7 Å². The first-order chi connectivity index (χ1) is 20.3. The monoisotopic (exact) mass is 558 g/mol. The van der Waals surface area contributed by atoms with Crippen molar-refractivity contribution < 1.29 is 18.9 Å². The van der Waals surface area contributed by atoms with E-state index in [0.29, 0.717) is 13.2 Å². The smallest absolute Gasteiger partial charge is 0.131 e. The normalized spacial score (nSPS) is 18.3. The number of hydrogen-bond donors (Lipinski definition) is 0. The van der Waals surface area contributed by atoms with Gasteiger partial charge in [-0.15, -0.1) is 0 Å². The predicted octanol–water partition coefficient (Wildman–Crippen LogP) is 8.20. The van der Waals surface area contributed by atoms with Crippen molar-refractivity contribution in [3.63, 3.8) is 0 Å². The molecule has 4 nitrogen and oxygen atoms in total. The first kappa shape index (κ1) is 27.0. The molecule has 2 unspecified atom stereocenters. The lowest BCUT2D eigenvalue weighted by molar-refractivity contribution is 0.261. The van der Waals surface area contributed by atoms with Gasteiger partial charge < -0.3 is 18.9 Å². The summed E-state index contributed by atoms with van der Waals surface area (Å²) in [6, 6.07) is 34.9. The average Bonchev–Trinajstić information content (AvgIpc) is 3.94. The minimum atomic E-state index is -0.270. The second kappa shape index (κ2) is 10.4. The van der Waals surface area contributed by atoms with E-state index in [1.54, 1.807) is 0 Å². The molecule has 42 heavy (non-hydrogen) atoms. The molecule has 7 rings (SSSR count). The van der Waals surface area contributed by atoms with Gasteiger partial charge in [-0.2, -0.15) is 0 Å². The minimum absolute atomic E-state index is 0.197. The van der Waals surface area contributed by atoms with E-state index in [-0.39, 0.29) is 23.0 Å². The zero-order valence-corrected chi connectivity index (χ0v) is 24.9. The number of ether oxygens (including phenoxy) is 4. The molecule has 2 heterocycles. The van der Waals surface area contributed by atoms with E-state index in [9.17, 15) is 0 Å². The van der Waals surface area contributed by atoms with Crippen molar-refractivity contribution in [3.8, 4) is 11.5 Å². The van der Waals surface area contributed by atoms with E-state index in [0.717, 1.165) is 35.5 Å². The summed E-state index contributed by atoms with van der Waals surface area (Å²) in [5, 5.41) is 4.65. The van der Waals surface area contributed by atoms with Crippen LogP contribution in [0.2, 0.25) is 0 Å². The second-order valence-electron chi connectivity index (χ2n) is 12.7. The third kappa shape index (κ3) is 5.04. The van der Waals surface area contributed by atoms with Crippen LogP contribution in [0.25, 0.3) is 21.5 Å². The quantitative estimate of drug-likeness (QED) is 0.162. The van der Waals surface area contributed by atoms with Gasteiger partial charge in [0.1, 0.15) is 36.9 Å². The Bertz CT molecular complexity index is 1610. The Morgan fingerprint density at radius 3 is 1.31 bits per heavy atom. The van der Waals surface area contributed by atoms with Crippen LogP contribution in [0.1, 0.15) is 49.9 Å². The zero-order chi connectivity index (χ0) is 28.9. The van der Waals surface area contributed by atoms with Gasteiger partial charge in [-0.25, -0.2) is 0 Å². The first-order valence-electron chi connectivity index (χ1n) is 15.0. The highest BCUT2D eigenvalue weighted by molar-refractivity contribution is 5.91. The molecule has 2 atom stereocenters. The van der Waals surface area contributed by atoms with E-state index in [4.69, 9.17) is 18.9 Å². The highest BCUT2D eigenvalue weighted by Gasteiger charge is 2.33. The summed E-state index contributed by atoms with van der Waals surface area (Å²) in [7, 11) is 0. The molecule has 2 aliphatic heterocycles. The summed E-state index contributed by atoms with van der Waals surface area (Å²) in [5.74, 6) is 1.91. The van der Waals surface area contributed by atoms with E-state index in [1.807, 2.05) is 0 Å². The van der Waals surface area contributed by atoms with Gasteiger partial charge in [-0.1, -0.05) is 125 Å². The fraction of sp³-hybridized carbons (Fsp3) is 0.316. The van der Waals surface area contributed by atoms with Gasteiger partial charge in [-0.05, 0) is 21.9 Å². The van der Waals surface area contributed by atoms with Crippen molar-refractivity contribution >= 4 is 21.5 Å². The van der Waals surface area contributed by atoms with Crippen LogP contribution in [0, 0.1) is 0 Å². The molecule has 5 aromatic carbocycles. The Hall–Kier alpha value is -3.86. The standard InChI is InChI=1S/C38H38O4/c1-37(2,33-19-13-25-9-5-7-11-31(25)35(33)41-23-29-21-39-29)27-15-17-28(18-16-27)38(3,4)34-20-14-26-10-6-8-12-32(26)36(34)42-24-30-22-40-30/h5-20,29-30H,21-24H2,1-4H3. The van der Waals surface area contributed by atoms with E-state index < -0.39 is 0 Å². The summed E-state index contributed by atoms with van der Waals surface area (Å²) in [5.41, 5.74) is 4.31. The van der Waals surface area contributed by atoms with Crippen molar-refractivity contribution in [1.82, 2.24) is 0 Å². The Labute approximate surface area is 248 Å². The molecule has 4 heteroatoms. The molecule has 0 radical (unpaired) electrons. The molecule has 5 aromatic rings. The minimum Gasteiger partial charge on any atom is -0.490 e. The Kier molecular flexibility index (Phi) is 6.72. The number of fused-ring (bicyclic) bond motifs is 2. The van der Waals surface area contributed by atoms with Gasteiger partial charge in [0.05, 0.1) is 13.2 Å². The van der Waals surface area contributed by atoms with Crippen LogP contribution < -0.4 is 9.47 Å². The summed E-state index contributed by atoms with van der Waals surface area (Å²) < 4.78 is 23.8. The molecule has 214 valence electrons. The molecule has 2 aliphatic rings. The van der Waals surface area contributed by atoms with Crippen molar-refractivity contribution in [1.29, 1.82) is 0 Å². The van der Waals surface area contributed by atoms with Crippen molar-refractivity contribution in [2.45, 2.75) is 50.7 Å². The van der Waals surface area contributed by atoms with E-state index >= 15 is 0 Å². The number of epoxide rings is 2. The maximum absolute atomic E-state index is 6.46. The molecular weight excluding hydrogens is 520 g/mol. The lowest BCUT2D eigenvalue weighted by Gasteiger charge is -2.32. The van der Waals surface area contributed by atoms with Crippen LogP contribution in [0.4, 0.5) is 0 Å². The van der Waals surface area contributed by atoms with Crippen molar-refractivity contribution in [3.05, 3.63) is 119 Å². The van der Waals surface area contributed by atoms with Crippen molar-refractivity contribution in [2.75, 3.05) is 26.4 Å². The molecule has 2 saturated heterocycles. The highest BCUT2D eigenvalue weighted by atomic mass is 16.6. The molecule has 0 spiro atoms. The van der Waals surface area contributed by atoms with Crippen LogP contribution >= 0.6 is 0 Å². The van der Waals surface area contributed by atoms with Gasteiger partial charge in [0.2, 0.25) is 0 Å². The van der Waals surface area contributed by atoms with Crippen LogP contribution in [0.5, 0.6) is 11.5 Å². The SMILES string of the molecule is CC(C)(c1ccc(C(C)(C)c2ccc3ccccc3c2OCC2CO2)cc1)c1ccc2ccccc2c1OCC1CO1. The van der Waals surface area contributed by atoms with Crippen LogP contribution in [-0.4, -0.2) is 38.6 Å². The number of hydrogen-bond acceptors (Lipinski definition) is 4. The summed E-state index contributed by atoms with van der Waals surface area (Å²) in [6.45, 7) is 11.8. The zero-order valence-electron chi connectivity index (χ0n) is 24.9. The largest absolute Gasteiger partial charge is 0.490 e. The average molecular weight is 559 g/mol. The van der Waals surface area contributed by atoms with Gasteiger partial charge >= 0.3 is 0 Å². The lowest BCUT2D eigenvalue weighted by Crippen LogP contribution is -2.23. The molecule has 0 aromatic heterocycles. The summed E-state index contributed by atoms with van der Waals surface area (Å²) >= 11 is 0. The predicted molar refractivity (Wildman–Crippen MR) is 169 cm³/mol. The first-order valence-corrected chi connectivity index (χ1v) is 15.0. The molecule has 0 aliphatic carbocycles. The molecular formula is C38H38O4. The number of benzene rings is 5. The summed E-state index contributed by atoms with van der Waals surface area (Å²) in [6.07, 6.45) is 0.393. The van der Waals surface area contributed by atoms with Crippen molar-refractivity contribution in [2.24, 2.45) is 0 Å². The fourth-order valence-corrected chi connectivity index (χ4v) is 6.08. The van der Waals surface area contributed by atoms with Crippen LogP contribution in [0.3, 0.4) is 0 Å².